The number of rotatable bonds is 8. The Bertz CT molecular complexity index is 531. The zero-order chi connectivity index (χ0) is 14.9. The summed E-state index contributed by atoms with van der Waals surface area (Å²) in [6.45, 7) is 6.05. The molecule has 0 saturated carbocycles. The van der Waals surface area contributed by atoms with Gasteiger partial charge in [-0.2, -0.15) is 0 Å². The number of nitrogens with two attached hydrogens (primary N) is 1. The first-order valence-electron chi connectivity index (χ1n) is 7.36. The molecule has 2 N–H and O–H groups in total. The highest BCUT2D eigenvalue weighted by Gasteiger charge is 2.05. The van der Waals surface area contributed by atoms with Gasteiger partial charge in [0.25, 0.3) is 0 Å². The molecule has 0 atom stereocenters. The Morgan fingerprint density at radius 1 is 1.19 bits per heavy atom. The predicted octanol–water partition coefficient (Wildman–Crippen LogP) is 2.44. The van der Waals surface area contributed by atoms with Gasteiger partial charge in [0.05, 0.1) is 5.69 Å². The number of likely N-dealkylation sites (N-methyl/N-ethyl adjacent to an activating group) is 1. The van der Waals surface area contributed by atoms with Crippen molar-refractivity contribution in [1.82, 2.24) is 9.88 Å². The summed E-state index contributed by atoms with van der Waals surface area (Å²) in [5.41, 5.74) is 7.81. The third-order valence-corrected chi connectivity index (χ3v) is 3.37. The van der Waals surface area contributed by atoms with Gasteiger partial charge in [0.1, 0.15) is 12.4 Å². The smallest absolute Gasteiger partial charge is 0.119 e. The van der Waals surface area contributed by atoms with E-state index in [9.17, 15) is 0 Å². The predicted molar refractivity (Wildman–Crippen MR) is 85.0 cm³/mol. The molecule has 0 unspecified atom stereocenters. The monoisotopic (exact) mass is 285 g/mol. The zero-order valence-electron chi connectivity index (χ0n) is 12.5. The molecule has 0 radical (unpaired) electrons. The van der Waals surface area contributed by atoms with Gasteiger partial charge in [-0.05, 0) is 36.4 Å². The van der Waals surface area contributed by atoms with E-state index in [4.69, 9.17) is 10.5 Å². The third kappa shape index (κ3) is 5.17. The van der Waals surface area contributed by atoms with Crippen LogP contribution in [0, 0.1) is 0 Å². The summed E-state index contributed by atoms with van der Waals surface area (Å²) in [4.78, 5) is 6.67. The average molecular weight is 285 g/mol. The molecular weight excluding hydrogens is 262 g/mol. The van der Waals surface area contributed by atoms with E-state index in [-0.39, 0.29) is 0 Å². The lowest BCUT2D eigenvalue weighted by Crippen LogP contribution is -2.28. The third-order valence-electron chi connectivity index (χ3n) is 3.37. The number of ether oxygens (including phenoxy) is 1. The first kappa shape index (κ1) is 15.5. The van der Waals surface area contributed by atoms with Crippen LogP contribution in [0.1, 0.15) is 18.2 Å². The van der Waals surface area contributed by atoms with E-state index in [0.29, 0.717) is 13.2 Å². The molecule has 1 heterocycles. The van der Waals surface area contributed by atoms with Crippen LogP contribution in [0.5, 0.6) is 5.75 Å². The minimum Gasteiger partial charge on any atom is -0.492 e. The van der Waals surface area contributed by atoms with E-state index in [1.807, 2.05) is 48.7 Å². The first-order chi connectivity index (χ1) is 10.3. The maximum absolute atomic E-state index is 5.80. The number of nitrogens with zero attached hydrogens (tertiary/aromatic N) is 2. The second kappa shape index (κ2) is 8.39. The van der Waals surface area contributed by atoms with Gasteiger partial charge >= 0.3 is 0 Å². The topological polar surface area (TPSA) is 51.4 Å². The molecule has 4 nitrogen and oxygen atoms in total. The number of benzene rings is 1. The highest BCUT2D eigenvalue weighted by molar-refractivity contribution is 5.28. The molecule has 1 aromatic heterocycles. The highest BCUT2D eigenvalue weighted by Crippen LogP contribution is 2.13. The van der Waals surface area contributed by atoms with E-state index in [1.165, 1.54) is 0 Å². The maximum Gasteiger partial charge on any atom is 0.119 e. The normalized spacial score (nSPS) is 10.8. The number of aromatic nitrogens is 1. The Hall–Kier alpha value is -1.91. The van der Waals surface area contributed by atoms with Gasteiger partial charge in [-0.25, -0.2) is 0 Å². The minimum atomic E-state index is 0.540. The second-order valence-electron chi connectivity index (χ2n) is 4.89. The van der Waals surface area contributed by atoms with Crippen LogP contribution in [0.2, 0.25) is 0 Å². The fourth-order valence-corrected chi connectivity index (χ4v) is 2.12. The van der Waals surface area contributed by atoms with Crippen LogP contribution < -0.4 is 10.5 Å². The Labute approximate surface area is 126 Å². The van der Waals surface area contributed by atoms with Crippen LogP contribution in [0.4, 0.5) is 0 Å². The van der Waals surface area contributed by atoms with Crippen LogP contribution in [0.25, 0.3) is 0 Å². The van der Waals surface area contributed by atoms with Gasteiger partial charge in [-0.1, -0.05) is 25.1 Å². The molecule has 1 aromatic carbocycles. The lowest BCUT2D eigenvalue weighted by atomic mass is 10.2. The molecule has 0 saturated heterocycles. The van der Waals surface area contributed by atoms with Crippen LogP contribution in [-0.2, 0) is 13.1 Å². The van der Waals surface area contributed by atoms with E-state index in [0.717, 1.165) is 36.6 Å². The molecule has 0 aliphatic carbocycles. The SMILES string of the molecule is CCN(CCOc1cccc(CN)c1)Cc1ccccn1. The lowest BCUT2D eigenvalue weighted by Gasteiger charge is -2.20. The molecule has 0 aliphatic rings. The van der Waals surface area contributed by atoms with Crippen LogP contribution in [-0.4, -0.2) is 29.6 Å². The number of pyridine rings is 1. The van der Waals surface area contributed by atoms with Crippen LogP contribution >= 0.6 is 0 Å². The van der Waals surface area contributed by atoms with Crippen molar-refractivity contribution in [2.45, 2.75) is 20.0 Å². The Balaban J connectivity index is 1.80. The molecule has 0 fully saturated rings. The van der Waals surface area contributed by atoms with E-state index in [1.54, 1.807) is 0 Å². The number of hydrogen-bond acceptors (Lipinski definition) is 4. The highest BCUT2D eigenvalue weighted by atomic mass is 16.5. The van der Waals surface area contributed by atoms with Crippen LogP contribution in [0.15, 0.2) is 48.7 Å². The Kier molecular flexibility index (Phi) is 6.19. The molecule has 2 rings (SSSR count). The molecule has 0 aliphatic heterocycles. The second-order valence-corrected chi connectivity index (χ2v) is 4.89. The van der Waals surface area contributed by atoms with Crippen molar-refractivity contribution >= 4 is 0 Å². The van der Waals surface area contributed by atoms with Gasteiger partial charge in [-0.3, -0.25) is 9.88 Å². The van der Waals surface area contributed by atoms with Crippen molar-refractivity contribution in [3.63, 3.8) is 0 Å². The van der Waals surface area contributed by atoms with Crippen molar-refractivity contribution in [3.05, 3.63) is 59.9 Å². The van der Waals surface area contributed by atoms with Gasteiger partial charge < -0.3 is 10.5 Å². The molecule has 0 spiro atoms. The molecule has 0 amide bonds. The van der Waals surface area contributed by atoms with Gasteiger partial charge in [0.2, 0.25) is 0 Å². The van der Waals surface area contributed by atoms with Crippen molar-refractivity contribution in [2.75, 3.05) is 19.7 Å². The van der Waals surface area contributed by atoms with Crippen molar-refractivity contribution in [2.24, 2.45) is 5.73 Å². The van der Waals surface area contributed by atoms with Crippen LogP contribution in [0.3, 0.4) is 0 Å². The minimum absolute atomic E-state index is 0.540. The van der Waals surface area contributed by atoms with E-state index < -0.39 is 0 Å². The fraction of sp³-hybridized carbons (Fsp3) is 0.353. The molecule has 0 bridgehead atoms. The molecule has 4 heteroatoms. The van der Waals surface area contributed by atoms with E-state index >= 15 is 0 Å². The summed E-state index contributed by atoms with van der Waals surface area (Å²) in [5.74, 6) is 0.881. The standard InChI is InChI=1S/C17H23N3O/c1-2-20(14-16-7-3-4-9-19-16)10-11-21-17-8-5-6-15(12-17)13-18/h3-9,12H,2,10-11,13-14,18H2,1H3. The Morgan fingerprint density at radius 2 is 2.10 bits per heavy atom. The number of hydrogen-bond donors (Lipinski definition) is 1. The molecular formula is C17H23N3O. The Morgan fingerprint density at radius 3 is 2.81 bits per heavy atom. The maximum atomic E-state index is 5.80. The van der Waals surface area contributed by atoms with E-state index in [2.05, 4.69) is 16.8 Å². The largest absolute Gasteiger partial charge is 0.492 e. The average Bonchev–Trinajstić information content (AvgIpc) is 2.55. The summed E-state index contributed by atoms with van der Waals surface area (Å²) in [5, 5.41) is 0. The van der Waals surface area contributed by atoms with Gasteiger partial charge in [0.15, 0.2) is 0 Å². The summed E-state index contributed by atoms with van der Waals surface area (Å²) in [6.07, 6.45) is 1.83. The fourth-order valence-electron chi connectivity index (χ4n) is 2.12. The summed E-state index contributed by atoms with van der Waals surface area (Å²) < 4.78 is 5.80. The van der Waals surface area contributed by atoms with Crippen molar-refractivity contribution < 1.29 is 4.74 Å². The van der Waals surface area contributed by atoms with Crippen molar-refractivity contribution in [1.29, 1.82) is 0 Å². The van der Waals surface area contributed by atoms with Crippen molar-refractivity contribution in [3.8, 4) is 5.75 Å². The summed E-state index contributed by atoms with van der Waals surface area (Å²) in [7, 11) is 0. The summed E-state index contributed by atoms with van der Waals surface area (Å²) >= 11 is 0. The zero-order valence-corrected chi connectivity index (χ0v) is 12.5. The molecule has 21 heavy (non-hydrogen) atoms. The first-order valence-corrected chi connectivity index (χ1v) is 7.36. The quantitative estimate of drug-likeness (QED) is 0.809. The lowest BCUT2D eigenvalue weighted by molar-refractivity contribution is 0.208. The molecule has 2 aromatic rings. The van der Waals surface area contributed by atoms with Gasteiger partial charge in [-0.15, -0.1) is 0 Å². The van der Waals surface area contributed by atoms with Gasteiger partial charge in [0, 0.05) is 25.8 Å². The summed E-state index contributed by atoms with van der Waals surface area (Å²) in [6, 6.07) is 13.9. The molecule has 112 valence electrons.